The molecule has 1 aromatic carbocycles. The van der Waals surface area contributed by atoms with E-state index in [0.29, 0.717) is 12.6 Å². The van der Waals surface area contributed by atoms with E-state index in [9.17, 15) is 5.11 Å². The Labute approximate surface area is 120 Å². The van der Waals surface area contributed by atoms with E-state index in [2.05, 4.69) is 18.9 Å². The Morgan fingerprint density at radius 2 is 2.00 bits per heavy atom. The van der Waals surface area contributed by atoms with Crippen molar-refractivity contribution < 1.29 is 9.84 Å². The van der Waals surface area contributed by atoms with Crippen LogP contribution >= 0.6 is 0 Å². The quantitative estimate of drug-likeness (QED) is 0.909. The number of hydrogen-bond acceptors (Lipinski definition) is 3. The monoisotopic (exact) mass is 274 g/mol. The summed E-state index contributed by atoms with van der Waals surface area (Å²) in [5.74, 6) is 0.721. The number of benzene rings is 1. The molecular formula is C16H22N2O2. The molecular weight excluding hydrogens is 252 g/mol. The highest BCUT2D eigenvalue weighted by molar-refractivity contribution is 5.38. The largest absolute Gasteiger partial charge is 0.487 e. The summed E-state index contributed by atoms with van der Waals surface area (Å²) >= 11 is 0. The Morgan fingerprint density at radius 1 is 1.25 bits per heavy atom. The summed E-state index contributed by atoms with van der Waals surface area (Å²) in [4.78, 5) is 0. The second-order valence-electron chi connectivity index (χ2n) is 5.39. The summed E-state index contributed by atoms with van der Waals surface area (Å²) in [6.07, 6.45) is 1.41. The summed E-state index contributed by atoms with van der Waals surface area (Å²) in [5.41, 5.74) is 2.80. The van der Waals surface area contributed by atoms with Crippen LogP contribution in [0, 0.1) is 6.92 Å². The summed E-state index contributed by atoms with van der Waals surface area (Å²) in [7, 11) is 0. The highest BCUT2D eigenvalue weighted by Crippen LogP contribution is 2.26. The number of rotatable bonds is 5. The molecule has 0 saturated heterocycles. The molecule has 0 radical (unpaired) electrons. The molecule has 0 fully saturated rings. The van der Waals surface area contributed by atoms with Gasteiger partial charge in [0.1, 0.15) is 12.4 Å². The number of nitrogens with zero attached hydrogens (tertiary/aromatic N) is 2. The van der Waals surface area contributed by atoms with Gasteiger partial charge in [-0.15, -0.1) is 0 Å². The molecule has 4 nitrogen and oxygen atoms in total. The Hall–Kier alpha value is -1.81. The molecule has 0 aliphatic rings. The Balaban J connectivity index is 2.11. The molecule has 0 amide bonds. The fraction of sp³-hybridized carbons (Fsp3) is 0.438. The third-order valence-electron chi connectivity index (χ3n) is 3.19. The van der Waals surface area contributed by atoms with Crippen LogP contribution in [0.25, 0.3) is 0 Å². The van der Waals surface area contributed by atoms with E-state index >= 15 is 0 Å². The molecule has 4 heteroatoms. The Morgan fingerprint density at radius 3 is 2.60 bits per heavy atom. The second-order valence-corrected chi connectivity index (χ2v) is 5.39. The molecule has 1 atom stereocenters. The van der Waals surface area contributed by atoms with Crippen LogP contribution in [0.1, 0.15) is 49.7 Å². The molecule has 2 rings (SSSR count). The molecule has 0 unspecified atom stereocenters. The van der Waals surface area contributed by atoms with E-state index in [1.165, 1.54) is 0 Å². The average Bonchev–Trinajstić information content (AvgIpc) is 2.85. The third kappa shape index (κ3) is 3.39. The van der Waals surface area contributed by atoms with E-state index in [0.717, 1.165) is 22.6 Å². The molecule has 0 saturated carbocycles. The molecule has 2 aromatic rings. The van der Waals surface area contributed by atoms with Gasteiger partial charge in [0.05, 0.1) is 11.8 Å². The van der Waals surface area contributed by atoms with Crippen LogP contribution in [0.2, 0.25) is 0 Å². The Kier molecular flexibility index (Phi) is 4.45. The highest BCUT2D eigenvalue weighted by Gasteiger charge is 2.10. The van der Waals surface area contributed by atoms with Gasteiger partial charge in [-0.25, -0.2) is 0 Å². The maximum Gasteiger partial charge on any atom is 0.132 e. The maximum absolute atomic E-state index is 9.77. The van der Waals surface area contributed by atoms with Gasteiger partial charge in [-0.3, -0.25) is 4.68 Å². The first-order valence-electron chi connectivity index (χ1n) is 6.93. The SMILES string of the molecule is Cc1ccc([C@H](C)O)c(OCc2ccn(C(C)C)n2)c1. The zero-order valence-electron chi connectivity index (χ0n) is 12.5. The van der Waals surface area contributed by atoms with Gasteiger partial charge in [-0.05, 0) is 45.4 Å². The summed E-state index contributed by atoms with van der Waals surface area (Å²) in [6, 6.07) is 8.12. The highest BCUT2D eigenvalue weighted by atomic mass is 16.5. The minimum atomic E-state index is -0.543. The predicted molar refractivity (Wildman–Crippen MR) is 78.8 cm³/mol. The predicted octanol–water partition coefficient (Wildman–Crippen LogP) is 3.40. The van der Waals surface area contributed by atoms with Gasteiger partial charge in [0.2, 0.25) is 0 Å². The van der Waals surface area contributed by atoms with Crippen LogP contribution in [0.5, 0.6) is 5.75 Å². The fourth-order valence-corrected chi connectivity index (χ4v) is 2.01. The number of aryl methyl sites for hydroxylation is 1. The van der Waals surface area contributed by atoms with Crippen molar-refractivity contribution in [2.45, 2.75) is 46.4 Å². The summed E-state index contributed by atoms with van der Waals surface area (Å²) < 4.78 is 7.73. The number of aliphatic hydroxyl groups excluding tert-OH is 1. The van der Waals surface area contributed by atoms with E-state index < -0.39 is 6.10 Å². The number of hydrogen-bond donors (Lipinski definition) is 1. The lowest BCUT2D eigenvalue weighted by molar-refractivity contribution is 0.189. The fourth-order valence-electron chi connectivity index (χ4n) is 2.01. The van der Waals surface area contributed by atoms with Crippen molar-refractivity contribution in [1.29, 1.82) is 0 Å². The normalized spacial score (nSPS) is 12.7. The lowest BCUT2D eigenvalue weighted by atomic mass is 10.1. The van der Waals surface area contributed by atoms with E-state index in [1.807, 2.05) is 42.1 Å². The van der Waals surface area contributed by atoms with Gasteiger partial charge in [0.15, 0.2) is 0 Å². The average molecular weight is 274 g/mol. The zero-order valence-corrected chi connectivity index (χ0v) is 12.5. The first-order chi connectivity index (χ1) is 9.47. The van der Waals surface area contributed by atoms with E-state index in [1.54, 1.807) is 6.92 Å². The number of aliphatic hydroxyl groups is 1. The van der Waals surface area contributed by atoms with Gasteiger partial charge in [-0.1, -0.05) is 12.1 Å². The second kappa shape index (κ2) is 6.09. The van der Waals surface area contributed by atoms with Crippen molar-refractivity contribution in [3.05, 3.63) is 47.3 Å². The lowest BCUT2D eigenvalue weighted by Gasteiger charge is -2.13. The van der Waals surface area contributed by atoms with Gasteiger partial charge in [0, 0.05) is 17.8 Å². The zero-order chi connectivity index (χ0) is 14.7. The topological polar surface area (TPSA) is 47.3 Å². The van der Waals surface area contributed by atoms with Crippen LogP contribution in [-0.4, -0.2) is 14.9 Å². The summed E-state index contributed by atoms with van der Waals surface area (Å²) in [6.45, 7) is 8.33. The molecule has 20 heavy (non-hydrogen) atoms. The molecule has 0 spiro atoms. The smallest absolute Gasteiger partial charge is 0.132 e. The van der Waals surface area contributed by atoms with Crippen LogP contribution in [0.15, 0.2) is 30.5 Å². The van der Waals surface area contributed by atoms with Crippen LogP contribution in [0.3, 0.4) is 0 Å². The Bertz CT molecular complexity index is 574. The minimum Gasteiger partial charge on any atom is -0.487 e. The molecule has 108 valence electrons. The molecule has 0 aliphatic heterocycles. The van der Waals surface area contributed by atoms with E-state index in [4.69, 9.17) is 4.74 Å². The van der Waals surface area contributed by atoms with Crippen molar-refractivity contribution in [2.75, 3.05) is 0 Å². The van der Waals surface area contributed by atoms with Crippen LogP contribution < -0.4 is 4.74 Å². The lowest BCUT2D eigenvalue weighted by Crippen LogP contribution is -2.05. The van der Waals surface area contributed by atoms with Gasteiger partial charge in [0.25, 0.3) is 0 Å². The number of ether oxygens (including phenoxy) is 1. The maximum atomic E-state index is 9.77. The van der Waals surface area contributed by atoms with Gasteiger partial charge >= 0.3 is 0 Å². The van der Waals surface area contributed by atoms with Crippen molar-refractivity contribution >= 4 is 0 Å². The summed E-state index contributed by atoms with van der Waals surface area (Å²) in [5, 5.41) is 14.2. The minimum absolute atomic E-state index is 0.343. The van der Waals surface area contributed by atoms with Gasteiger partial charge < -0.3 is 9.84 Å². The molecule has 0 aliphatic carbocycles. The van der Waals surface area contributed by atoms with Crippen molar-refractivity contribution in [2.24, 2.45) is 0 Å². The molecule has 1 heterocycles. The molecule has 0 bridgehead atoms. The van der Waals surface area contributed by atoms with Crippen molar-refractivity contribution in [1.82, 2.24) is 9.78 Å². The van der Waals surface area contributed by atoms with E-state index in [-0.39, 0.29) is 0 Å². The molecule has 1 N–H and O–H groups in total. The van der Waals surface area contributed by atoms with Crippen molar-refractivity contribution in [3.8, 4) is 5.75 Å². The first kappa shape index (κ1) is 14.6. The standard InChI is InChI=1S/C16H22N2O2/c1-11(2)18-8-7-14(17-18)10-20-16-9-12(3)5-6-15(16)13(4)19/h5-9,11,13,19H,10H2,1-4H3/t13-/m0/s1. The van der Waals surface area contributed by atoms with Crippen LogP contribution in [0.4, 0.5) is 0 Å². The molecule has 1 aromatic heterocycles. The third-order valence-corrected chi connectivity index (χ3v) is 3.19. The van der Waals surface area contributed by atoms with Crippen LogP contribution in [-0.2, 0) is 6.61 Å². The first-order valence-corrected chi connectivity index (χ1v) is 6.93. The number of aromatic nitrogens is 2. The van der Waals surface area contributed by atoms with Gasteiger partial charge in [-0.2, -0.15) is 5.10 Å². The van der Waals surface area contributed by atoms with Crippen molar-refractivity contribution in [3.63, 3.8) is 0 Å².